The van der Waals surface area contributed by atoms with Gasteiger partial charge in [-0.15, -0.1) is 0 Å². The number of nitrogens with zero attached hydrogens (tertiary/aromatic N) is 2. The molecule has 1 aromatic carbocycles. The number of pyridine rings is 1. The molecule has 1 aliphatic rings. The number of amides is 1. The van der Waals surface area contributed by atoms with E-state index in [9.17, 15) is 9.59 Å². The number of H-pyrrole nitrogens is 1. The first-order valence-electron chi connectivity index (χ1n) is 9.20. The lowest BCUT2D eigenvalue weighted by atomic mass is 9.78. The van der Waals surface area contributed by atoms with Gasteiger partial charge in [0.15, 0.2) is 0 Å². The van der Waals surface area contributed by atoms with Crippen molar-refractivity contribution < 1.29 is 4.79 Å². The summed E-state index contributed by atoms with van der Waals surface area (Å²) in [4.78, 5) is 35.5. The van der Waals surface area contributed by atoms with E-state index in [1.165, 1.54) is 6.07 Å². The zero-order chi connectivity index (χ0) is 19.7. The number of nitrogens with one attached hydrogen (secondary N) is 2. The van der Waals surface area contributed by atoms with Crippen LogP contribution in [0, 0.1) is 6.92 Å². The highest BCUT2D eigenvalue weighted by atomic mass is 16.1. The van der Waals surface area contributed by atoms with Crippen molar-refractivity contribution in [2.75, 3.05) is 5.73 Å². The van der Waals surface area contributed by atoms with Crippen molar-refractivity contribution in [3.05, 3.63) is 76.0 Å². The molecule has 142 valence electrons. The maximum absolute atomic E-state index is 13.0. The van der Waals surface area contributed by atoms with Crippen LogP contribution in [-0.4, -0.2) is 26.9 Å². The number of aromatic nitrogens is 3. The number of carbonyl (C=O) groups is 1. The molecule has 28 heavy (non-hydrogen) atoms. The van der Waals surface area contributed by atoms with E-state index in [-0.39, 0.29) is 29.4 Å². The SMILES string of the molecule is Cc1nccc(-c2ccccc2)c1C(=O)NC1CC(c2cc(=O)[nH]c(N)n2)C1. The number of aryl methyl sites for hydroxylation is 1. The van der Waals surface area contributed by atoms with Gasteiger partial charge in [-0.3, -0.25) is 19.6 Å². The number of hydrogen-bond donors (Lipinski definition) is 3. The van der Waals surface area contributed by atoms with Gasteiger partial charge in [0.2, 0.25) is 5.95 Å². The van der Waals surface area contributed by atoms with Crippen molar-refractivity contribution in [2.45, 2.75) is 31.7 Å². The molecule has 7 nitrogen and oxygen atoms in total. The summed E-state index contributed by atoms with van der Waals surface area (Å²) in [5.41, 5.74) is 9.16. The Kier molecular flexibility index (Phi) is 4.65. The van der Waals surface area contributed by atoms with E-state index in [4.69, 9.17) is 5.73 Å². The summed E-state index contributed by atoms with van der Waals surface area (Å²) in [6, 6.07) is 13.2. The number of carbonyl (C=O) groups excluding carboxylic acids is 1. The summed E-state index contributed by atoms with van der Waals surface area (Å²) in [6.07, 6.45) is 3.17. The van der Waals surface area contributed by atoms with Crippen LogP contribution in [0.25, 0.3) is 11.1 Å². The van der Waals surface area contributed by atoms with Gasteiger partial charge in [-0.1, -0.05) is 30.3 Å². The van der Waals surface area contributed by atoms with Crippen molar-refractivity contribution in [3.8, 4) is 11.1 Å². The molecule has 1 fully saturated rings. The molecule has 1 aliphatic carbocycles. The number of nitrogen functional groups attached to an aromatic ring is 1. The van der Waals surface area contributed by atoms with E-state index < -0.39 is 0 Å². The van der Waals surface area contributed by atoms with Crippen LogP contribution in [0.1, 0.15) is 40.5 Å². The van der Waals surface area contributed by atoms with E-state index in [0.29, 0.717) is 17.0 Å². The summed E-state index contributed by atoms with van der Waals surface area (Å²) in [6.45, 7) is 1.84. The van der Waals surface area contributed by atoms with Gasteiger partial charge in [-0.05, 0) is 37.0 Å². The molecular weight excluding hydrogens is 354 g/mol. The minimum Gasteiger partial charge on any atom is -0.369 e. The molecule has 0 spiro atoms. The summed E-state index contributed by atoms with van der Waals surface area (Å²) >= 11 is 0. The minimum atomic E-state index is -0.256. The summed E-state index contributed by atoms with van der Waals surface area (Å²) < 4.78 is 0. The Morgan fingerprint density at radius 2 is 1.96 bits per heavy atom. The third-order valence-corrected chi connectivity index (χ3v) is 5.12. The van der Waals surface area contributed by atoms with Crippen LogP contribution in [0.3, 0.4) is 0 Å². The van der Waals surface area contributed by atoms with Gasteiger partial charge in [-0.2, -0.15) is 0 Å². The average Bonchev–Trinajstić information content (AvgIpc) is 2.63. The molecule has 4 N–H and O–H groups in total. The maximum atomic E-state index is 13.0. The first kappa shape index (κ1) is 17.9. The van der Waals surface area contributed by atoms with Crippen molar-refractivity contribution >= 4 is 11.9 Å². The minimum absolute atomic E-state index is 0.0306. The fourth-order valence-corrected chi connectivity index (χ4v) is 3.65. The second kappa shape index (κ2) is 7.26. The molecule has 1 amide bonds. The standard InChI is InChI=1S/C21H21N5O2/c1-12-19(16(7-8-23-12)13-5-3-2-4-6-13)20(28)24-15-9-14(10-15)17-11-18(27)26-21(22)25-17/h2-8,11,14-15H,9-10H2,1H3,(H,24,28)(H3,22,25,26,27). The average molecular weight is 375 g/mol. The van der Waals surface area contributed by atoms with Gasteiger partial charge in [0.05, 0.1) is 17.0 Å². The third kappa shape index (κ3) is 3.51. The molecule has 0 unspecified atom stereocenters. The molecule has 4 rings (SSSR count). The number of nitrogens with two attached hydrogens (primary N) is 1. The topological polar surface area (TPSA) is 114 Å². The van der Waals surface area contributed by atoms with Crippen LogP contribution < -0.4 is 16.6 Å². The fraction of sp³-hybridized carbons (Fsp3) is 0.238. The lowest BCUT2D eigenvalue weighted by Crippen LogP contribution is -2.44. The normalized spacial score (nSPS) is 18.3. The second-order valence-electron chi connectivity index (χ2n) is 7.08. The Labute approximate surface area is 162 Å². The Balaban J connectivity index is 1.49. The van der Waals surface area contributed by atoms with E-state index in [1.54, 1.807) is 6.20 Å². The summed E-state index contributed by atoms with van der Waals surface area (Å²) in [7, 11) is 0. The van der Waals surface area contributed by atoms with Crippen LogP contribution in [0.2, 0.25) is 0 Å². The summed E-state index contributed by atoms with van der Waals surface area (Å²) in [5.74, 6) is 0.109. The highest BCUT2D eigenvalue weighted by Crippen LogP contribution is 2.36. The molecule has 0 atom stereocenters. The number of benzene rings is 1. The molecule has 0 saturated heterocycles. The molecule has 0 bridgehead atoms. The van der Waals surface area contributed by atoms with Crippen LogP contribution in [-0.2, 0) is 0 Å². The van der Waals surface area contributed by atoms with E-state index in [0.717, 1.165) is 24.0 Å². The van der Waals surface area contributed by atoms with Crippen molar-refractivity contribution in [1.29, 1.82) is 0 Å². The zero-order valence-corrected chi connectivity index (χ0v) is 15.5. The smallest absolute Gasteiger partial charge is 0.253 e. The van der Waals surface area contributed by atoms with Crippen molar-refractivity contribution in [3.63, 3.8) is 0 Å². The highest BCUT2D eigenvalue weighted by molar-refractivity contribution is 6.02. The Bertz CT molecular complexity index is 1070. The number of anilines is 1. The van der Waals surface area contributed by atoms with E-state index in [1.807, 2.05) is 43.3 Å². The predicted molar refractivity (Wildman–Crippen MR) is 107 cm³/mol. The third-order valence-electron chi connectivity index (χ3n) is 5.12. The Morgan fingerprint density at radius 1 is 1.21 bits per heavy atom. The number of aromatic amines is 1. The lowest BCUT2D eigenvalue weighted by Gasteiger charge is -2.35. The van der Waals surface area contributed by atoms with Gasteiger partial charge in [0.1, 0.15) is 0 Å². The number of rotatable bonds is 4. The first-order chi connectivity index (χ1) is 13.5. The lowest BCUT2D eigenvalue weighted by molar-refractivity contribution is 0.0908. The second-order valence-corrected chi connectivity index (χ2v) is 7.08. The van der Waals surface area contributed by atoms with Crippen LogP contribution in [0.5, 0.6) is 0 Å². The monoisotopic (exact) mass is 375 g/mol. The van der Waals surface area contributed by atoms with Crippen LogP contribution in [0.15, 0.2) is 53.5 Å². The molecule has 2 aromatic heterocycles. The van der Waals surface area contributed by atoms with E-state index >= 15 is 0 Å². The van der Waals surface area contributed by atoms with Gasteiger partial charge in [-0.25, -0.2) is 4.98 Å². The first-order valence-corrected chi connectivity index (χ1v) is 9.20. The Morgan fingerprint density at radius 3 is 2.68 bits per heavy atom. The van der Waals surface area contributed by atoms with E-state index in [2.05, 4.69) is 20.3 Å². The predicted octanol–water partition coefficient (Wildman–Crippen LogP) is 2.40. The van der Waals surface area contributed by atoms with Crippen molar-refractivity contribution in [1.82, 2.24) is 20.3 Å². The molecule has 0 aliphatic heterocycles. The van der Waals surface area contributed by atoms with Crippen LogP contribution in [0.4, 0.5) is 5.95 Å². The molecule has 0 radical (unpaired) electrons. The fourth-order valence-electron chi connectivity index (χ4n) is 3.65. The summed E-state index contributed by atoms with van der Waals surface area (Å²) in [5, 5.41) is 3.09. The van der Waals surface area contributed by atoms with Gasteiger partial charge < -0.3 is 11.1 Å². The van der Waals surface area contributed by atoms with Crippen molar-refractivity contribution in [2.24, 2.45) is 0 Å². The molecule has 7 heteroatoms. The van der Waals surface area contributed by atoms with Gasteiger partial charge in [0, 0.05) is 24.2 Å². The van der Waals surface area contributed by atoms with Gasteiger partial charge in [0.25, 0.3) is 11.5 Å². The maximum Gasteiger partial charge on any atom is 0.253 e. The quantitative estimate of drug-likeness (QED) is 0.648. The molecule has 3 aromatic rings. The molecule has 2 heterocycles. The highest BCUT2D eigenvalue weighted by Gasteiger charge is 2.33. The zero-order valence-electron chi connectivity index (χ0n) is 15.5. The molecular formula is C21H21N5O2. The number of hydrogen-bond acceptors (Lipinski definition) is 5. The van der Waals surface area contributed by atoms with Crippen LogP contribution >= 0.6 is 0 Å². The largest absolute Gasteiger partial charge is 0.369 e. The Hall–Kier alpha value is -3.48. The van der Waals surface area contributed by atoms with Gasteiger partial charge >= 0.3 is 0 Å². The molecule has 1 saturated carbocycles.